The molecule has 0 aliphatic heterocycles. The van der Waals surface area contributed by atoms with Crippen LogP contribution in [0.1, 0.15) is 35.8 Å². The normalized spacial score (nSPS) is 13.3. The summed E-state index contributed by atoms with van der Waals surface area (Å²) in [6.07, 6.45) is 1.33. The molecule has 1 rings (SSSR count). The van der Waals surface area contributed by atoms with Gasteiger partial charge in [0.15, 0.2) is 0 Å². The molecule has 0 radical (unpaired) electrons. The summed E-state index contributed by atoms with van der Waals surface area (Å²) in [6.45, 7) is 1.89. The van der Waals surface area contributed by atoms with Crippen molar-refractivity contribution in [1.29, 1.82) is 0 Å². The van der Waals surface area contributed by atoms with Crippen molar-refractivity contribution in [2.45, 2.75) is 19.4 Å². The lowest BCUT2D eigenvalue weighted by Gasteiger charge is -2.06. The SMILES string of the molecule is CCOC(=O)c1n[nH]c(C(N)CCS(C)(=O)=O)n1. The first-order chi connectivity index (χ1) is 8.33. The van der Waals surface area contributed by atoms with Crippen LogP contribution in [0, 0.1) is 0 Å². The van der Waals surface area contributed by atoms with Crippen LogP contribution in [0.3, 0.4) is 0 Å². The van der Waals surface area contributed by atoms with E-state index in [1.165, 1.54) is 0 Å². The molecule has 0 aromatic carbocycles. The highest BCUT2D eigenvalue weighted by atomic mass is 32.2. The number of aromatic amines is 1. The molecule has 102 valence electrons. The second kappa shape index (κ2) is 5.91. The third kappa shape index (κ3) is 4.41. The zero-order chi connectivity index (χ0) is 13.8. The molecule has 1 aromatic rings. The fraction of sp³-hybridized carbons (Fsp3) is 0.667. The maximum absolute atomic E-state index is 11.3. The van der Waals surface area contributed by atoms with Crippen molar-refractivity contribution in [3.05, 3.63) is 11.6 Å². The third-order valence-corrected chi connectivity index (χ3v) is 3.09. The van der Waals surface area contributed by atoms with Gasteiger partial charge in [0.2, 0.25) is 0 Å². The summed E-state index contributed by atoms with van der Waals surface area (Å²) < 4.78 is 26.7. The van der Waals surface area contributed by atoms with Gasteiger partial charge < -0.3 is 10.5 Å². The summed E-state index contributed by atoms with van der Waals surface area (Å²) in [5.41, 5.74) is 5.74. The monoisotopic (exact) mass is 276 g/mol. The zero-order valence-electron chi connectivity index (χ0n) is 10.2. The molecule has 0 amide bonds. The van der Waals surface area contributed by atoms with E-state index >= 15 is 0 Å². The molecule has 8 nitrogen and oxygen atoms in total. The third-order valence-electron chi connectivity index (χ3n) is 2.11. The van der Waals surface area contributed by atoms with Crippen LogP contribution in [0.25, 0.3) is 0 Å². The van der Waals surface area contributed by atoms with Crippen molar-refractivity contribution in [3.63, 3.8) is 0 Å². The van der Waals surface area contributed by atoms with Gasteiger partial charge in [-0.1, -0.05) is 0 Å². The van der Waals surface area contributed by atoms with Crippen molar-refractivity contribution >= 4 is 15.8 Å². The van der Waals surface area contributed by atoms with Crippen molar-refractivity contribution in [3.8, 4) is 0 Å². The van der Waals surface area contributed by atoms with E-state index in [9.17, 15) is 13.2 Å². The van der Waals surface area contributed by atoms with Gasteiger partial charge in [-0.3, -0.25) is 5.10 Å². The molecule has 1 heterocycles. The van der Waals surface area contributed by atoms with E-state index in [0.717, 1.165) is 6.26 Å². The summed E-state index contributed by atoms with van der Waals surface area (Å²) in [7, 11) is -3.08. The number of hydrogen-bond donors (Lipinski definition) is 2. The van der Waals surface area contributed by atoms with Crippen LogP contribution < -0.4 is 5.73 Å². The summed E-state index contributed by atoms with van der Waals surface area (Å²) in [6, 6.07) is -0.615. The quantitative estimate of drug-likeness (QED) is 0.665. The second-order valence-corrected chi connectivity index (χ2v) is 6.05. The average Bonchev–Trinajstić information content (AvgIpc) is 2.74. The standard InChI is InChI=1S/C9H16N4O4S/c1-3-17-9(14)8-11-7(12-13-8)6(10)4-5-18(2,15)16/h6H,3-5,10H2,1-2H3,(H,11,12,13). The summed E-state index contributed by atoms with van der Waals surface area (Å²) >= 11 is 0. The highest BCUT2D eigenvalue weighted by molar-refractivity contribution is 7.90. The van der Waals surface area contributed by atoms with Crippen molar-refractivity contribution in [1.82, 2.24) is 15.2 Å². The molecule has 9 heteroatoms. The number of ether oxygens (including phenoxy) is 1. The molecule has 0 saturated carbocycles. The summed E-state index contributed by atoms with van der Waals surface area (Å²) in [5.74, 6) is -0.539. The van der Waals surface area contributed by atoms with Gasteiger partial charge >= 0.3 is 5.97 Å². The number of esters is 1. The number of sulfone groups is 1. The first-order valence-electron chi connectivity index (χ1n) is 5.36. The van der Waals surface area contributed by atoms with E-state index in [-0.39, 0.29) is 30.4 Å². The number of aromatic nitrogens is 3. The molecule has 1 aromatic heterocycles. The minimum atomic E-state index is -3.08. The van der Waals surface area contributed by atoms with Gasteiger partial charge in [0, 0.05) is 6.26 Å². The van der Waals surface area contributed by atoms with E-state index in [0.29, 0.717) is 0 Å². The maximum atomic E-state index is 11.3. The van der Waals surface area contributed by atoms with Crippen LogP contribution in [0.15, 0.2) is 0 Å². The number of carbonyl (C=O) groups is 1. The molecule has 0 aliphatic carbocycles. The van der Waals surface area contributed by atoms with Crippen LogP contribution in [0.2, 0.25) is 0 Å². The molecular formula is C9H16N4O4S. The van der Waals surface area contributed by atoms with E-state index in [1.807, 2.05) is 0 Å². The average molecular weight is 276 g/mol. The van der Waals surface area contributed by atoms with Gasteiger partial charge in [0.1, 0.15) is 15.7 Å². The maximum Gasteiger partial charge on any atom is 0.378 e. The van der Waals surface area contributed by atoms with Crippen molar-refractivity contribution in [2.24, 2.45) is 5.73 Å². The lowest BCUT2D eigenvalue weighted by atomic mass is 10.2. The molecule has 0 bridgehead atoms. The Morgan fingerprint density at radius 2 is 2.22 bits per heavy atom. The largest absolute Gasteiger partial charge is 0.460 e. The molecule has 0 fully saturated rings. The van der Waals surface area contributed by atoms with Crippen molar-refractivity contribution in [2.75, 3.05) is 18.6 Å². The Balaban J connectivity index is 2.65. The lowest BCUT2D eigenvalue weighted by Crippen LogP contribution is -2.17. The summed E-state index contributed by atoms with van der Waals surface area (Å²) in [4.78, 5) is 15.2. The molecule has 0 saturated heterocycles. The van der Waals surface area contributed by atoms with E-state index in [4.69, 9.17) is 10.5 Å². The van der Waals surface area contributed by atoms with E-state index in [2.05, 4.69) is 15.2 Å². The number of nitrogens with zero attached hydrogens (tertiary/aromatic N) is 2. The second-order valence-electron chi connectivity index (χ2n) is 3.79. The molecule has 3 N–H and O–H groups in total. The Kier molecular flexibility index (Phi) is 4.79. The Hall–Kier alpha value is -1.48. The number of nitrogens with two attached hydrogens (primary N) is 1. The fourth-order valence-electron chi connectivity index (χ4n) is 1.20. The Labute approximate surface area is 105 Å². The minimum absolute atomic E-state index is 0.0520. The highest BCUT2D eigenvalue weighted by Crippen LogP contribution is 2.10. The van der Waals surface area contributed by atoms with E-state index < -0.39 is 21.8 Å². The lowest BCUT2D eigenvalue weighted by molar-refractivity contribution is 0.0512. The summed E-state index contributed by atoms with van der Waals surface area (Å²) in [5, 5.41) is 6.16. The Morgan fingerprint density at radius 3 is 2.78 bits per heavy atom. The van der Waals surface area contributed by atoms with Crippen LogP contribution in [-0.4, -0.2) is 48.2 Å². The van der Waals surface area contributed by atoms with Gasteiger partial charge in [0.05, 0.1) is 18.4 Å². The Bertz CT molecular complexity index is 510. The van der Waals surface area contributed by atoms with Crippen LogP contribution in [0.4, 0.5) is 0 Å². The molecule has 1 atom stereocenters. The van der Waals surface area contributed by atoms with Gasteiger partial charge in [0.25, 0.3) is 5.82 Å². The molecular weight excluding hydrogens is 260 g/mol. The van der Waals surface area contributed by atoms with Gasteiger partial charge in [-0.2, -0.15) is 0 Å². The molecule has 0 spiro atoms. The first-order valence-corrected chi connectivity index (χ1v) is 7.42. The number of nitrogens with one attached hydrogen (secondary N) is 1. The van der Waals surface area contributed by atoms with Gasteiger partial charge in [-0.05, 0) is 13.3 Å². The number of H-pyrrole nitrogens is 1. The zero-order valence-corrected chi connectivity index (χ0v) is 11.0. The van der Waals surface area contributed by atoms with Crippen LogP contribution in [-0.2, 0) is 14.6 Å². The van der Waals surface area contributed by atoms with Crippen molar-refractivity contribution < 1.29 is 17.9 Å². The minimum Gasteiger partial charge on any atom is -0.460 e. The number of rotatable bonds is 6. The molecule has 1 unspecified atom stereocenters. The topological polar surface area (TPSA) is 128 Å². The first kappa shape index (κ1) is 14.6. The van der Waals surface area contributed by atoms with Gasteiger partial charge in [-0.15, -0.1) is 5.10 Å². The van der Waals surface area contributed by atoms with Crippen LogP contribution >= 0.6 is 0 Å². The smallest absolute Gasteiger partial charge is 0.378 e. The Morgan fingerprint density at radius 1 is 1.56 bits per heavy atom. The number of carbonyl (C=O) groups excluding carboxylic acids is 1. The predicted octanol–water partition coefficient (Wildman–Crippen LogP) is -0.584. The van der Waals surface area contributed by atoms with Gasteiger partial charge in [-0.25, -0.2) is 18.2 Å². The number of hydrogen-bond acceptors (Lipinski definition) is 7. The van der Waals surface area contributed by atoms with Crippen LogP contribution in [0.5, 0.6) is 0 Å². The predicted molar refractivity (Wildman–Crippen MR) is 63.6 cm³/mol. The molecule has 18 heavy (non-hydrogen) atoms. The highest BCUT2D eigenvalue weighted by Gasteiger charge is 2.18. The molecule has 0 aliphatic rings. The van der Waals surface area contributed by atoms with E-state index in [1.54, 1.807) is 6.92 Å². The fourth-order valence-corrected chi connectivity index (χ4v) is 1.89.